The van der Waals surface area contributed by atoms with Crippen molar-refractivity contribution in [2.45, 2.75) is 19.4 Å². The number of aromatic nitrogens is 1. The third kappa shape index (κ3) is 3.72. The summed E-state index contributed by atoms with van der Waals surface area (Å²) in [7, 11) is 1.55. The Balaban J connectivity index is 1.87. The Labute approximate surface area is 156 Å². The number of hydrogen-bond acceptors (Lipinski definition) is 4. The molecular formula is C20H22N2O5. The first kappa shape index (κ1) is 18.7. The van der Waals surface area contributed by atoms with E-state index in [1.807, 2.05) is 19.1 Å². The van der Waals surface area contributed by atoms with Gasteiger partial charge in [-0.1, -0.05) is 12.1 Å². The van der Waals surface area contributed by atoms with Crippen LogP contribution in [0.4, 0.5) is 0 Å². The smallest absolute Gasteiger partial charge is 0.308 e. The lowest BCUT2D eigenvalue weighted by molar-refractivity contribution is -0.141. The van der Waals surface area contributed by atoms with Gasteiger partial charge in [0.05, 0.1) is 13.0 Å². The van der Waals surface area contributed by atoms with Crippen molar-refractivity contribution < 1.29 is 19.4 Å². The molecule has 0 saturated carbocycles. The molecule has 2 atom stereocenters. The number of aliphatic carboxylic acids is 1. The summed E-state index contributed by atoms with van der Waals surface area (Å²) < 4.78 is 6.72. The first-order valence-corrected chi connectivity index (χ1v) is 8.81. The number of carboxylic acids is 1. The van der Waals surface area contributed by atoms with Crippen LogP contribution in [0.25, 0.3) is 0 Å². The topological polar surface area (TPSA) is 88.8 Å². The largest absolute Gasteiger partial charge is 0.497 e. The van der Waals surface area contributed by atoms with E-state index in [9.17, 15) is 19.5 Å². The third-order valence-corrected chi connectivity index (χ3v) is 5.03. The van der Waals surface area contributed by atoms with E-state index in [1.165, 1.54) is 15.5 Å². The molecule has 0 unspecified atom stereocenters. The highest BCUT2D eigenvalue weighted by Gasteiger charge is 2.40. The number of carboxylic acid groups (broad SMARTS) is 1. The van der Waals surface area contributed by atoms with Gasteiger partial charge in [0, 0.05) is 43.4 Å². The Bertz CT molecular complexity index is 921. The van der Waals surface area contributed by atoms with Crippen LogP contribution in [0.3, 0.4) is 0 Å². The van der Waals surface area contributed by atoms with Gasteiger partial charge in [0.15, 0.2) is 0 Å². The second-order valence-corrected chi connectivity index (χ2v) is 6.58. The summed E-state index contributed by atoms with van der Waals surface area (Å²) in [6, 6.07) is 10.2. The fourth-order valence-corrected chi connectivity index (χ4v) is 3.51. The zero-order valence-corrected chi connectivity index (χ0v) is 15.3. The van der Waals surface area contributed by atoms with Crippen LogP contribution in [0.1, 0.15) is 28.8 Å². The Morgan fingerprint density at radius 3 is 2.63 bits per heavy atom. The summed E-state index contributed by atoms with van der Waals surface area (Å²) in [5, 5.41) is 9.63. The molecule has 1 saturated heterocycles. The van der Waals surface area contributed by atoms with Gasteiger partial charge >= 0.3 is 5.97 Å². The molecule has 7 nitrogen and oxygen atoms in total. The maximum absolute atomic E-state index is 12.8. The van der Waals surface area contributed by atoms with E-state index in [2.05, 4.69) is 0 Å². The number of amides is 1. The lowest BCUT2D eigenvalue weighted by Gasteiger charge is -2.17. The van der Waals surface area contributed by atoms with Crippen molar-refractivity contribution in [2.24, 2.45) is 5.92 Å². The fraction of sp³-hybridized carbons (Fsp3) is 0.350. The van der Waals surface area contributed by atoms with E-state index in [0.29, 0.717) is 12.3 Å². The average Bonchev–Trinajstić information content (AvgIpc) is 3.13. The Hall–Kier alpha value is -3.09. The van der Waals surface area contributed by atoms with Gasteiger partial charge in [-0.3, -0.25) is 14.4 Å². The standard InChI is InChI=1S/C20H22N2O5/c1-3-21-8-7-14(10-18(21)23)19(24)22-11-16(17(12-22)20(25)26)13-5-4-6-15(9-13)27-2/h4-10,16-17H,3,11-12H2,1-2H3,(H,25,26)/t16-,17+/m1/s1. The van der Waals surface area contributed by atoms with Gasteiger partial charge in [0.1, 0.15) is 5.75 Å². The van der Waals surface area contributed by atoms with Crippen LogP contribution in [-0.4, -0.2) is 46.6 Å². The first-order chi connectivity index (χ1) is 12.9. The number of ether oxygens (including phenoxy) is 1. The van der Waals surface area contributed by atoms with E-state index < -0.39 is 11.9 Å². The molecule has 7 heteroatoms. The minimum atomic E-state index is -0.945. The van der Waals surface area contributed by atoms with Crippen molar-refractivity contribution in [2.75, 3.05) is 20.2 Å². The van der Waals surface area contributed by atoms with Gasteiger partial charge < -0.3 is 19.3 Å². The predicted octanol–water partition coefficient (Wildman–Crippen LogP) is 1.82. The maximum Gasteiger partial charge on any atom is 0.308 e. The number of benzene rings is 1. The molecule has 1 N–H and O–H groups in total. The molecular weight excluding hydrogens is 348 g/mol. The molecule has 2 aromatic rings. The zero-order valence-electron chi connectivity index (χ0n) is 15.3. The Kier molecular flexibility index (Phi) is 5.30. The highest BCUT2D eigenvalue weighted by atomic mass is 16.5. The van der Waals surface area contributed by atoms with Crippen LogP contribution in [0.5, 0.6) is 5.75 Å². The molecule has 0 radical (unpaired) electrons. The summed E-state index contributed by atoms with van der Waals surface area (Å²) in [4.78, 5) is 38.1. The van der Waals surface area contributed by atoms with Crippen LogP contribution >= 0.6 is 0 Å². The van der Waals surface area contributed by atoms with Crippen molar-refractivity contribution in [3.63, 3.8) is 0 Å². The molecule has 0 aliphatic carbocycles. The lowest BCUT2D eigenvalue weighted by atomic mass is 9.89. The van der Waals surface area contributed by atoms with Gasteiger partial charge in [-0.15, -0.1) is 0 Å². The first-order valence-electron chi connectivity index (χ1n) is 8.81. The molecule has 0 spiro atoms. The molecule has 1 amide bonds. The molecule has 0 bridgehead atoms. The second-order valence-electron chi connectivity index (χ2n) is 6.58. The molecule has 1 aromatic carbocycles. The monoisotopic (exact) mass is 370 g/mol. The molecule has 1 fully saturated rings. The SMILES string of the molecule is CCn1ccc(C(=O)N2C[C@H](C(=O)O)[C@@H](c3cccc(OC)c3)C2)cc1=O. The molecule has 1 aromatic heterocycles. The quantitative estimate of drug-likeness (QED) is 0.867. The zero-order chi connectivity index (χ0) is 19.6. The normalized spacial score (nSPS) is 19.1. The summed E-state index contributed by atoms with van der Waals surface area (Å²) >= 11 is 0. The fourth-order valence-electron chi connectivity index (χ4n) is 3.51. The molecule has 142 valence electrons. The number of nitrogens with zero attached hydrogens (tertiary/aromatic N) is 2. The Morgan fingerprint density at radius 2 is 2.00 bits per heavy atom. The van der Waals surface area contributed by atoms with Gasteiger partial charge in [-0.2, -0.15) is 0 Å². The number of pyridine rings is 1. The van der Waals surface area contributed by atoms with E-state index >= 15 is 0 Å². The minimum absolute atomic E-state index is 0.104. The number of likely N-dealkylation sites (tertiary alicyclic amines) is 1. The molecule has 3 rings (SSSR count). The van der Waals surface area contributed by atoms with Crippen LogP contribution in [-0.2, 0) is 11.3 Å². The molecule has 1 aliphatic heterocycles. The number of methoxy groups -OCH3 is 1. The van der Waals surface area contributed by atoms with Gasteiger partial charge in [-0.05, 0) is 30.7 Å². The predicted molar refractivity (Wildman–Crippen MR) is 99.1 cm³/mol. The number of rotatable bonds is 5. The van der Waals surface area contributed by atoms with Crippen molar-refractivity contribution in [1.82, 2.24) is 9.47 Å². The van der Waals surface area contributed by atoms with Crippen molar-refractivity contribution in [3.05, 3.63) is 64.1 Å². The van der Waals surface area contributed by atoms with E-state index in [0.717, 1.165) is 5.56 Å². The van der Waals surface area contributed by atoms with Crippen molar-refractivity contribution in [3.8, 4) is 5.75 Å². The average molecular weight is 370 g/mol. The highest BCUT2D eigenvalue weighted by Crippen LogP contribution is 2.35. The van der Waals surface area contributed by atoms with E-state index in [1.54, 1.807) is 31.5 Å². The van der Waals surface area contributed by atoms with Crippen LogP contribution in [0.15, 0.2) is 47.4 Å². The Morgan fingerprint density at radius 1 is 1.22 bits per heavy atom. The second kappa shape index (κ2) is 7.65. The van der Waals surface area contributed by atoms with Crippen LogP contribution < -0.4 is 10.3 Å². The van der Waals surface area contributed by atoms with E-state index in [-0.39, 0.29) is 36.0 Å². The highest BCUT2D eigenvalue weighted by molar-refractivity contribution is 5.94. The van der Waals surface area contributed by atoms with Crippen molar-refractivity contribution >= 4 is 11.9 Å². The van der Waals surface area contributed by atoms with Gasteiger partial charge in [-0.25, -0.2) is 0 Å². The number of aryl methyl sites for hydroxylation is 1. The minimum Gasteiger partial charge on any atom is -0.497 e. The number of carbonyl (C=O) groups excluding carboxylic acids is 1. The van der Waals surface area contributed by atoms with Gasteiger partial charge in [0.2, 0.25) is 0 Å². The van der Waals surface area contributed by atoms with Crippen LogP contribution in [0, 0.1) is 5.92 Å². The van der Waals surface area contributed by atoms with E-state index in [4.69, 9.17) is 4.74 Å². The summed E-state index contributed by atoms with van der Waals surface area (Å²) in [5.74, 6) is -1.68. The maximum atomic E-state index is 12.8. The lowest BCUT2D eigenvalue weighted by Crippen LogP contribution is -2.31. The summed E-state index contributed by atoms with van der Waals surface area (Å²) in [5.41, 5.74) is 0.847. The molecule has 2 heterocycles. The summed E-state index contributed by atoms with van der Waals surface area (Å²) in [6.07, 6.45) is 1.58. The van der Waals surface area contributed by atoms with Gasteiger partial charge in [0.25, 0.3) is 11.5 Å². The van der Waals surface area contributed by atoms with Crippen LogP contribution in [0.2, 0.25) is 0 Å². The molecule has 27 heavy (non-hydrogen) atoms. The molecule has 1 aliphatic rings. The third-order valence-electron chi connectivity index (χ3n) is 5.03. The number of carbonyl (C=O) groups is 2. The van der Waals surface area contributed by atoms with Crippen molar-refractivity contribution in [1.29, 1.82) is 0 Å². The summed E-state index contributed by atoms with van der Waals surface area (Å²) in [6.45, 7) is 2.75. The number of hydrogen-bond donors (Lipinski definition) is 1.